The highest BCUT2D eigenvalue weighted by Crippen LogP contribution is 2.38. The molecule has 0 radical (unpaired) electrons. The first-order valence-corrected chi connectivity index (χ1v) is 14.0. The number of hydrogen-bond acceptors (Lipinski definition) is 8. The quantitative estimate of drug-likeness (QED) is 0.496. The van der Waals surface area contributed by atoms with Crippen LogP contribution in [0.1, 0.15) is 40.2 Å². The average molecular weight is 541 g/mol. The van der Waals surface area contributed by atoms with Crippen LogP contribution in [0.15, 0.2) is 41.7 Å². The maximum atomic E-state index is 13.8. The fourth-order valence-corrected chi connectivity index (χ4v) is 6.19. The Morgan fingerprint density at radius 1 is 1.08 bits per heavy atom. The van der Waals surface area contributed by atoms with E-state index in [1.165, 1.54) is 17.4 Å². The van der Waals surface area contributed by atoms with E-state index in [2.05, 4.69) is 9.97 Å². The molecule has 1 unspecified atom stereocenters. The normalized spacial score (nSPS) is 21.3. The predicted octanol–water partition coefficient (Wildman–Crippen LogP) is 2.46. The summed E-state index contributed by atoms with van der Waals surface area (Å²) in [7, 11) is -4.88. The van der Waals surface area contributed by atoms with Crippen molar-refractivity contribution in [2.24, 2.45) is 0 Å². The van der Waals surface area contributed by atoms with E-state index < -0.39 is 34.4 Å². The van der Waals surface area contributed by atoms with E-state index in [1.54, 1.807) is 24.3 Å². The summed E-state index contributed by atoms with van der Waals surface area (Å²) in [6.07, 6.45) is 1.87. The van der Waals surface area contributed by atoms with Crippen LogP contribution < -0.4 is 10.4 Å². The van der Waals surface area contributed by atoms with Gasteiger partial charge in [0.1, 0.15) is 12.1 Å². The lowest BCUT2D eigenvalue weighted by Gasteiger charge is -2.39. The van der Waals surface area contributed by atoms with Crippen molar-refractivity contribution in [1.82, 2.24) is 18.8 Å². The first-order valence-electron chi connectivity index (χ1n) is 12.5. The second-order valence-corrected chi connectivity index (χ2v) is 12.8. The van der Waals surface area contributed by atoms with E-state index >= 15 is 0 Å². The standard InChI is InChI=1S/C25H32BN5O6S/c1-16-7-9-18(10-8-16)38(34,35)31-14-19(26-36-24(3,4)25(5,6)37-26)20-21(27-15-28-22(20)31)30-12-11-29(23(32)33)13-17(30)2/h7-10,14-15,17H,11-13H2,1-6H3,(H,32,33). The minimum Gasteiger partial charge on any atom is -0.465 e. The van der Waals surface area contributed by atoms with Gasteiger partial charge >= 0.3 is 13.2 Å². The number of carboxylic acid groups (broad SMARTS) is 1. The molecule has 38 heavy (non-hydrogen) atoms. The topological polar surface area (TPSA) is 127 Å². The van der Waals surface area contributed by atoms with Crippen LogP contribution in [-0.4, -0.2) is 82.5 Å². The Kier molecular flexibility index (Phi) is 6.24. The van der Waals surface area contributed by atoms with Crippen LogP contribution in [0.25, 0.3) is 11.0 Å². The molecular weight excluding hydrogens is 509 g/mol. The zero-order valence-electron chi connectivity index (χ0n) is 22.4. The molecule has 0 spiro atoms. The number of anilines is 1. The summed E-state index contributed by atoms with van der Waals surface area (Å²) in [5.41, 5.74) is 0.334. The zero-order valence-corrected chi connectivity index (χ0v) is 23.2. The summed E-state index contributed by atoms with van der Waals surface area (Å²) in [6, 6.07) is 6.43. The van der Waals surface area contributed by atoms with Crippen LogP contribution in [0.2, 0.25) is 0 Å². The highest BCUT2D eigenvalue weighted by molar-refractivity contribution is 7.90. The van der Waals surface area contributed by atoms with Gasteiger partial charge in [-0.25, -0.2) is 27.2 Å². The first kappa shape index (κ1) is 26.5. The predicted molar refractivity (Wildman–Crippen MR) is 143 cm³/mol. The number of nitrogens with zero attached hydrogens (tertiary/aromatic N) is 5. The Morgan fingerprint density at radius 2 is 1.71 bits per heavy atom. The summed E-state index contributed by atoms with van der Waals surface area (Å²) in [4.78, 5) is 24.0. The third-order valence-corrected chi connectivity index (χ3v) is 9.48. The van der Waals surface area contributed by atoms with Gasteiger partial charge in [0.2, 0.25) is 0 Å². The molecule has 5 rings (SSSR count). The molecule has 0 bridgehead atoms. The average Bonchev–Trinajstić information content (AvgIpc) is 3.33. The van der Waals surface area contributed by atoms with Crippen molar-refractivity contribution in [3.05, 3.63) is 42.4 Å². The van der Waals surface area contributed by atoms with Gasteiger partial charge in [0.05, 0.1) is 21.5 Å². The molecule has 11 nitrogen and oxygen atoms in total. The minimum atomic E-state index is -4.02. The number of piperazine rings is 1. The smallest absolute Gasteiger partial charge is 0.465 e. The van der Waals surface area contributed by atoms with Crippen molar-refractivity contribution in [2.45, 2.75) is 63.7 Å². The largest absolute Gasteiger partial charge is 0.497 e. The monoisotopic (exact) mass is 541 g/mol. The number of aryl methyl sites for hydroxylation is 1. The Hall–Kier alpha value is -3.16. The third kappa shape index (κ3) is 4.22. The maximum Gasteiger partial charge on any atom is 0.497 e. The van der Waals surface area contributed by atoms with Gasteiger partial charge in [0, 0.05) is 37.3 Å². The van der Waals surface area contributed by atoms with Crippen LogP contribution in [0.5, 0.6) is 0 Å². The van der Waals surface area contributed by atoms with Crippen LogP contribution in [0.4, 0.5) is 10.6 Å². The molecule has 2 aliphatic rings. The number of rotatable bonds is 4. The van der Waals surface area contributed by atoms with E-state index in [4.69, 9.17) is 9.31 Å². The van der Waals surface area contributed by atoms with E-state index in [0.29, 0.717) is 29.8 Å². The lowest BCUT2D eigenvalue weighted by Crippen LogP contribution is -2.54. The maximum absolute atomic E-state index is 13.8. The summed E-state index contributed by atoms with van der Waals surface area (Å²) >= 11 is 0. The molecule has 1 aromatic carbocycles. The first-order chi connectivity index (χ1) is 17.7. The van der Waals surface area contributed by atoms with E-state index in [9.17, 15) is 18.3 Å². The van der Waals surface area contributed by atoms with Crippen molar-refractivity contribution in [3.8, 4) is 0 Å². The van der Waals surface area contributed by atoms with Crippen molar-refractivity contribution >= 4 is 45.5 Å². The van der Waals surface area contributed by atoms with Crippen LogP contribution in [0.3, 0.4) is 0 Å². The molecule has 0 aliphatic carbocycles. The van der Waals surface area contributed by atoms with Gasteiger partial charge in [-0.1, -0.05) is 17.7 Å². The van der Waals surface area contributed by atoms with Gasteiger partial charge in [0.15, 0.2) is 5.65 Å². The van der Waals surface area contributed by atoms with Crippen molar-refractivity contribution in [2.75, 3.05) is 24.5 Å². The second kappa shape index (κ2) is 8.96. The van der Waals surface area contributed by atoms with Gasteiger partial charge in [-0.2, -0.15) is 0 Å². The summed E-state index contributed by atoms with van der Waals surface area (Å²) in [5.74, 6) is 0.509. The molecular formula is C25H32BN5O6S. The SMILES string of the molecule is Cc1ccc(S(=O)(=O)n2cc(B3OC(C)(C)C(C)(C)O3)c3c(N4CCN(C(=O)O)CC4C)ncnc32)cc1. The molecule has 1 amide bonds. The Bertz CT molecular complexity index is 1490. The molecule has 2 aromatic heterocycles. The van der Waals surface area contributed by atoms with E-state index in [-0.39, 0.29) is 23.1 Å². The molecule has 4 heterocycles. The third-order valence-electron chi connectivity index (χ3n) is 7.82. The van der Waals surface area contributed by atoms with Gasteiger partial charge in [0.25, 0.3) is 10.0 Å². The van der Waals surface area contributed by atoms with Crippen molar-refractivity contribution in [3.63, 3.8) is 0 Å². The lowest BCUT2D eigenvalue weighted by molar-refractivity contribution is 0.00578. The van der Waals surface area contributed by atoms with Gasteiger partial charge in [-0.15, -0.1) is 0 Å². The molecule has 2 saturated heterocycles. The van der Waals surface area contributed by atoms with Gasteiger partial charge in [-0.05, 0) is 53.7 Å². The second-order valence-electron chi connectivity index (χ2n) is 11.0. The number of amides is 1. The highest BCUT2D eigenvalue weighted by atomic mass is 32.2. The number of aromatic nitrogens is 3. The fourth-order valence-electron chi connectivity index (χ4n) is 4.86. The number of benzene rings is 1. The Labute approximate surface area is 222 Å². The summed E-state index contributed by atoms with van der Waals surface area (Å²) in [6.45, 7) is 12.5. The van der Waals surface area contributed by atoms with Gasteiger partial charge in [-0.3, -0.25) is 0 Å². The van der Waals surface area contributed by atoms with Crippen molar-refractivity contribution in [1.29, 1.82) is 0 Å². The summed E-state index contributed by atoms with van der Waals surface area (Å²) in [5, 5.41) is 9.96. The molecule has 13 heteroatoms. The zero-order chi connectivity index (χ0) is 27.6. The minimum absolute atomic E-state index is 0.129. The number of hydrogen-bond donors (Lipinski definition) is 1. The highest BCUT2D eigenvalue weighted by Gasteiger charge is 2.53. The molecule has 3 aromatic rings. The molecule has 0 saturated carbocycles. The molecule has 202 valence electrons. The number of fused-ring (bicyclic) bond motifs is 1. The Balaban J connectivity index is 1.70. The van der Waals surface area contributed by atoms with Gasteiger partial charge < -0.3 is 24.2 Å². The Morgan fingerprint density at radius 3 is 2.29 bits per heavy atom. The number of carbonyl (C=O) groups is 1. The van der Waals surface area contributed by atoms with Crippen LogP contribution in [-0.2, 0) is 19.3 Å². The molecule has 1 N–H and O–H groups in total. The van der Waals surface area contributed by atoms with E-state index in [1.807, 2.05) is 46.4 Å². The van der Waals surface area contributed by atoms with Crippen molar-refractivity contribution < 1.29 is 27.6 Å². The molecule has 2 aliphatic heterocycles. The van der Waals surface area contributed by atoms with E-state index in [0.717, 1.165) is 9.54 Å². The van der Waals surface area contributed by atoms with Crippen LogP contribution >= 0.6 is 0 Å². The molecule has 1 atom stereocenters. The fraction of sp³-hybridized carbons (Fsp3) is 0.480. The summed E-state index contributed by atoms with van der Waals surface area (Å²) < 4.78 is 41.5. The lowest BCUT2D eigenvalue weighted by atomic mass is 9.79. The van der Waals surface area contributed by atoms with Crippen LogP contribution in [0, 0.1) is 6.92 Å². The molecule has 2 fully saturated rings.